The van der Waals surface area contributed by atoms with Crippen LogP contribution in [0.2, 0.25) is 0 Å². The van der Waals surface area contributed by atoms with E-state index in [0.717, 1.165) is 38.8 Å². The molecule has 4 heteroatoms. The number of aliphatic hydroxyl groups is 1. The minimum atomic E-state index is -0.0273. The van der Waals surface area contributed by atoms with E-state index in [1.807, 2.05) is 6.07 Å². The molecule has 1 N–H and O–H groups in total. The largest absolute Gasteiger partial charge is 0.395 e. The van der Waals surface area contributed by atoms with E-state index in [2.05, 4.69) is 29.2 Å². The fourth-order valence-corrected chi connectivity index (χ4v) is 3.50. The van der Waals surface area contributed by atoms with Crippen LogP contribution in [0.1, 0.15) is 37.7 Å². The number of rotatable bonds is 6. The lowest BCUT2D eigenvalue weighted by molar-refractivity contribution is -0.170. The Morgan fingerprint density at radius 2 is 1.91 bits per heavy atom. The molecule has 0 bridgehead atoms. The Bertz CT molecular complexity index is 433. The van der Waals surface area contributed by atoms with E-state index < -0.39 is 0 Å². The van der Waals surface area contributed by atoms with Crippen molar-refractivity contribution in [2.24, 2.45) is 0 Å². The summed E-state index contributed by atoms with van der Waals surface area (Å²) in [5.74, 6) is 0. The molecule has 4 nitrogen and oxygen atoms in total. The molecular formula is C18H27NO3. The number of likely N-dealkylation sites (tertiary alicyclic amines) is 1. The van der Waals surface area contributed by atoms with Crippen LogP contribution in [0.4, 0.5) is 0 Å². The number of ether oxygens (including phenoxy) is 2. The van der Waals surface area contributed by atoms with E-state index in [4.69, 9.17) is 9.47 Å². The highest BCUT2D eigenvalue weighted by atomic mass is 16.7. The van der Waals surface area contributed by atoms with Gasteiger partial charge in [-0.25, -0.2) is 0 Å². The van der Waals surface area contributed by atoms with E-state index in [1.165, 1.54) is 12.0 Å². The van der Waals surface area contributed by atoms with Crippen molar-refractivity contribution in [3.8, 4) is 0 Å². The Morgan fingerprint density at radius 1 is 1.09 bits per heavy atom. The Labute approximate surface area is 133 Å². The van der Waals surface area contributed by atoms with Gasteiger partial charge in [0.05, 0.1) is 13.2 Å². The zero-order valence-corrected chi connectivity index (χ0v) is 13.2. The molecular weight excluding hydrogens is 278 g/mol. The van der Waals surface area contributed by atoms with Gasteiger partial charge in [0.25, 0.3) is 0 Å². The Kier molecular flexibility index (Phi) is 5.84. The fraction of sp³-hybridized carbons (Fsp3) is 0.667. The normalized spacial score (nSPS) is 29.8. The quantitative estimate of drug-likeness (QED) is 0.877. The minimum absolute atomic E-state index is 0.0273. The molecule has 0 radical (unpaired) electrons. The number of nitrogens with zero attached hydrogens (tertiary/aromatic N) is 1. The van der Waals surface area contributed by atoms with Gasteiger partial charge in [0.1, 0.15) is 0 Å². The van der Waals surface area contributed by atoms with E-state index >= 15 is 0 Å². The van der Waals surface area contributed by atoms with E-state index in [1.54, 1.807) is 0 Å². The predicted molar refractivity (Wildman–Crippen MR) is 85.4 cm³/mol. The maximum absolute atomic E-state index is 9.64. The average molecular weight is 305 g/mol. The van der Waals surface area contributed by atoms with Gasteiger partial charge in [0, 0.05) is 25.2 Å². The maximum Gasteiger partial charge on any atom is 0.157 e. The van der Waals surface area contributed by atoms with E-state index in [9.17, 15) is 5.11 Å². The molecule has 3 atom stereocenters. The summed E-state index contributed by atoms with van der Waals surface area (Å²) in [6.07, 6.45) is 5.46. The van der Waals surface area contributed by atoms with Crippen LogP contribution < -0.4 is 0 Å². The lowest BCUT2D eigenvalue weighted by Gasteiger charge is -2.31. The summed E-state index contributed by atoms with van der Waals surface area (Å²) < 4.78 is 11.6. The average Bonchev–Trinajstić information content (AvgIpc) is 2.97. The molecule has 1 unspecified atom stereocenters. The van der Waals surface area contributed by atoms with Gasteiger partial charge < -0.3 is 14.6 Å². The third kappa shape index (κ3) is 4.07. The molecule has 2 aliphatic rings. The molecule has 0 aromatic heterocycles. The molecule has 2 fully saturated rings. The van der Waals surface area contributed by atoms with Gasteiger partial charge in [0.15, 0.2) is 6.29 Å². The zero-order chi connectivity index (χ0) is 15.2. The lowest BCUT2D eigenvalue weighted by atomic mass is 10.2. The van der Waals surface area contributed by atoms with Gasteiger partial charge in [-0.1, -0.05) is 30.3 Å². The fourth-order valence-electron chi connectivity index (χ4n) is 3.50. The van der Waals surface area contributed by atoms with Crippen molar-refractivity contribution in [1.82, 2.24) is 4.90 Å². The van der Waals surface area contributed by atoms with E-state index in [0.29, 0.717) is 12.6 Å². The molecule has 22 heavy (non-hydrogen) atoms. The summed E-state index contributed by atoms with van der Waals surface area (Å²) in [4.78, 5) is 2.40. The first-order chi connectivity index (χ1) is 10.9. The zero-order valence-electron chi connectivity index (χ0n) is 13.2. The van der Waals surface area contributed by atoms with Crippen molar-refractivity contribution >= 4 is 0 Å². The summed E-state index contributed by atoms with van der Waals surface area (Å²) in [7, 11) is 0. The molecule has 2 aliphatic heterocycles. The van der Waals surface area contributed by atoms with Gasteiger partial charge in [-0.3, -0.25) is 4.90 Å². The van der Waals surface area contributed by atoms with Crippen LogP contribution in [-0.2, 0) is 16.0 Å². The first kappa shape index (κ1) is 15.9. The second kappa shape index (κ2) is 8.06. The molecule has 0 amide bonds. The highest BCUT2D eigenvalue weighted by molar-refractivity contribution is 5.15. The smallest absolute Gasteiger partial charge is 0.157 e. The third-order valence-electron chi connectivity index (χ3n) is 4.80. The Morgan fingerprint density at radius 3 is 2.64 bits per heavy atom. The van der Waals surface area contributed by atoms with Gasteiger partial charge in [-0.2, -0.15) is 0 Å². The molecule has 0 aliphatic carbocycles. The topological polar surface area (TPSA) is 41.9 Å². The van der Waals surface area contributed by atoms with Crippen LogP contribution >= 0.6 is 0 Å². The van der Waals surface area contributed by atoms with Crippen molar-refractivity contribution in [1.29, 1.82) is 0 Å². The van der Waals surface area contributed by atoms with Crippen molar-refractivity contribution in [3.05, 3.63) is 35.9 Å². The molecule has 3 rings (SSSR count). The van der Waals surface area contributed by atoms with Crippen molar-refractivity contribution < 1.29 is 14.6 Å². The third-order valence-corrected chi connectivity index (χ3v) is 4.80. The van der Waals surface area contributed by atoms with Crippen LogP contribution in [-0.4, -0.2) is 48.2 Å². The highest BCUT2D eigenvalue weighted by Crippen LogP contribution is 2.27. The molecule has 1 aromatic carbocycles. The van der Waals surface area contributed by atoms with Crippen molar-refractivity contribution in [2.45, 2.75) is 57.0 Å². The standard InChI is InChI=1S/C18H27NO3/c20-13-16-9-10-17(14-22-18-8-4-5-11-21-18)19(16)12-15-6-2-1-3-7-15/h1-3,6-7,16-18,20H,4-5,8-14H2/t16-,17+,18?/m1/s1. The van der Waals surface area contributed by atoms with Crippen LogP contribution in [0, 0.1) is 0 Å². The summed E-state index contributed by atoms with van der Waals surface area (Å²) in [6, 6.07) is 11.1. The first-order valence-electron chi connectivity index (χ1n) is 8.50. The van der Waals surface area contributed by atoms with Gasteiger partial charge in [0.2, 0.25) is 0 Å². The number of hydrogen-bond donors (Lipinski definition) is 1. The van der Waals surface area contributed by atoms with E-state index in [-0.39, 0.29) is 18.9 Å². The van der Waals surface area contributed by atoms with Crippen molar-refractivity contribution in [3.63, 3.8) is 0 Å². The van der Waals surface area contributed by atoms with Crippen LogP contribution in [0.3, 0.4) is 0 Å². The van der Waals surface area contributed by atoms with Crippen LogP contribution in [0.5, 0.6) is 0 Å². The summed E-state index contributed by atoms with van der Waals surface area (Å²) >= 11 is 0. The summed E-state index contributed by atoms with van der Waals surface area (Å²) in [5.41, 5.74) is 1.29. The van der Waals surface area contributed by atoms with Crippen LogP contribution in [0.15, 0.2) is 30.3 Å². The molecule has 122 valence electrons. The predicted octanol–water partition coefficient (Wildman–Crippen LogP) is 2.56. The number of hydrogen-bond acceptors (Lipinski definition) is 4. The first-order valence-corrected chi connectivity index (χ1v) is 8.50. The monoisotopic (exact) mass is 305 g/mol. The minimum Gasteiger partial charge on any atom is -0.395 e. The van der Waals surface area contributed by atoms with Gasteiger partial charge in [-0.15, -0.1) is 0 Å². The van der Waals surface area contributed by atoms with Gasteiger partial charge >= 0.3 is 0 Å². The highest BCUT2D eigenvalue weighted by Gasteiger charge is 2.33. The van der Waals surface area contributed by atoms with Crippen LogP contribution in [0.25, 0.3) is 0 Å². The second-order valence-electron chi connectivity index (χ2n) is 6.35. The molecule has 2 heterocycles. The van der Waals surface area contributed by atoms with Crippen molar-refractivity contribution in [2.75, 3.05) is 19.8 Å². The Hall–Kier alpha value is -0.940. The molecule has 1 aromatic rings. The summed E-state index contributed by atoms with van der Waals surface area (Å²) in [5, 5.41) is 9.64. The number of benzene rings is 1. The molecule has 0 saturated carbocycles. The Balaban J connectivity index is 1.56. The molecule has 0 spiro atoms. The maximum atomic E-state index is 9.64. The summed E-state index contributed by atoms with van der Waals surface area (Å²) in [6.45, 7) is 2.63. The molecule has 2 saturated heterocycles. The SMILES string of the molecule is OC[C@H]1CC[C@@H](COC2CCCCO2)N1Cc1ccccc1. The van der Waals surface area contributed by atoms with Gasteiger partial charge in [-0.05, 0) is 37.7 Å². The second-order valence-corrected chi connectivity index (χ2v) is 6.35. The number of aliphatic hydroxyl groups excluding tert-OH is 1. The lowest BCUT2D eigenvalue weighted by Crippen LogP contribution is -2.41.